The molecule has 9 nitrogen and oxygen atoms in total. The van der Waals surface area contributed by atoms with Gasteiger partial charge in [0.1, 0.15) is 5.75 Å². The fourth-order valence-corrected chi connectivity index (χ4v) is 3.82. The van der Waals surface area contributed by atoms with Crippen molar-refractivity contribution in [1.82, 2.24) is 18.7 Å². The monoisotopic (exact) mass is 417 g/mol. The number of anilines is 1. The summed E-state index contributed by atoms with van der Waals surface area (Å²) in [5, 5.41) is 3.34. The first-order valence-electron chi connectivity index (χ1n) is 9.19. The van der Waals surface area contributed by atoms with Crippen molar-refractivity contribution in [2.75, 3.05) is 17.7 Å². The third-order valence-electron chi connectivity index (χ3n) is 4.41. The molecule has 29 heavy (non-hydrogen) atoms. The number of ether oxygens (including phenoxy) is 1. The van der Waals surface area contributed by atoms with Crippen molar-refractivity contribution in [2.45, 2.75) is 25.5 Å². The van der Waals surface area contributed by atoms with Gasteiger partial charge < -0.3 is 14.6 Å². The maximum Gasteiger partial charge on any atom is 0.332 e. The summed E-state index contributed by atoms with van der Waals surface area (Å²) in [6.45, 7) is 4.86. The lowest BCUT2D eigenvalue weighted by atomic mass is 10.3. The molecular weight excluding hydrogens is 394 g/mol. The number of fused-ring (bicyclic) bond motifs is 1. The molecule has 1 amide bonds. The van der Waals surface area contributed by atoms with Gasteiger partial charge in [0.05, 0.1) is 12.4 Å². The molecule has 0 aliphatic heterocycles. The number of aryl methyl sites for hydroxylation is 2. The van der Waals surface area contributed by atoms with Gasteiger partial charge in [0.25, 0.3) is 5.56 Å². The van der Waals surface area contributed by atoms with Crippen LogP contribution in [0.3, 0.4) is 0 Å². The molecule has 2 aromatic heterocycles. The standard InChI is InChI=1S/C19H23N5O4S/c1-5-24-15-16(22(3)19(27)23(4)17(15)26)21-18(24)29-11-14(25)20-12-7-9-13(10-8-12)28-6-2/h7-10H,5-6,11H2,1-4H3,(H,20,25). The highest BCUT2D eigenvalue weighted by Gasteiger charge is 2.19. The van der Waals surface area contributed by atoms with E-state index in [2.05, 4.69) is 10.3 Å². The van der Waals surface area contributed by atoms with Crippen LogP contribution in [-0.2, 0) is 25.4 Å². The second-order valence-corrected chi connectivity index (χ2v) is 7.25. The Balaban J connectivity index is 1.79. The van der Waals surface area contributed by atoms with Gasteiger partial charge in [0, 0.05) is 26.3 Å². The van der Waals surface area contributed by atoms with E-state index in [0.717, 1.165) is 10.3 Å². The van der Waals surface area contributed by atoms with Gasteiger partial charge in [-0.25, -0.2) is 9.78 Å². The zero-order valence-electron chi connectivity index (χ0n) is 16.8. The van der Waals surface area contributed by atoms with Crippen molar-refractivity contribution in [3.05, 3.63) is 45.1 Å². The van der Waals surface area contributed by atoms with Crippen LogP contribution in [-0.4, -0.2) is 37.0 Å². The van der Waals surface area contributed by atoms with Crippen LogP contribution < -0.4 is 21.3 Å². The maximum atomic E-state index is 12.5. The number of hydrogen-bond acceptors (Lipinski definition) is 6. The highest BCUT2D eigenvalue weighted by Crippen LogP contribution is 2.22. The van der Waals surface area contributed by atoms with E-state index in [1.807, 2.05) is 13.8 Å². The van der Waals surface area contributed by atoms with Crippen molar-refractivity contribution >= 4 is 34.5 Å². The second-order valence-electron chi connectivity index (χ2n) is 6.31. The number of thioether (sulfide) groups is 1. The van der Waals surface area contributed by atoms with Gasteiger partial charge in [-0.15, -0.1) is 0 Å². The van der Waals surface area contributed by atoms with E-state index in [0.29, 0.717) is 35.2 Å². The number of carbonyl (C=O) groups is 1. The lowest BCUT2D eigenvalue weighted by Crippen LogP contribution is -2.37. The Kier molecular flexibility index (Phi) is 6.12. The van der Waals surface area contributed by atoms with Crippen LogP contribution in [0.4, 0.5) is 5.69 Å². The number of carbonyl (C=O) groups excluding carboxylic acids is 1. The Hall–Kier alpha value is -3.01. The predicted molar refractivity (Wildman–Crippen MR) is 113 cm³/mol. The van der Waals surface area contributed by atoms with E-state index >= 15 is 0 Å². The number of benzene rings is 1. The molecule has 0 unspecified atom stereocenters. The molecule has 10 heteroatoms. The lowest BCUT2D eigenvalue weighted by Gasteiger charge is -2.08. The van der Waals surface area contributed by atoms with E-state index in [4.69, 9.17) is 4.74 Å². The van der Waals surface area contributed by atoms with E-state index in [1.54, 1.807) is 35.9 Å². The number of nitrogens with zero attached hydrogens (tertiary/aromatic N) is 4. The Bertz CT molecular complexity index is 1160. The van der Waals surface area contributed by atoms with Crippen LogP contribution in [0, 0.1) is 0 Å². The number of imidazole rings is 1. The minimum Gasteiger partial charge on any atom is -0.494 e. The topological polar surface area (TPSA) is 100 Å². The Labute approximate surface area is 171 Å². The summed E-state index contributed by atoms with van der Waals surface area (Å²) in [4.78, 5) is 41.4. The maximum absolute atomic E-state index is 12.5. The third-order valence-corrected chi connectivity index (χ3v) is 5.39. The second kappa shape index (κ2) is 8.56. The molecule has 3 rings (SSSR count). The summed E-state index contributed by atoms with van der Waals surface area (Å²) in [7, 11) is 3.01. The molecule has 0 aliphatic rings. The summed E-state index contributed by atoms with van der Waals surface area (Å²) in [6.07, 6.45) is 0. The lowest BCUT2D eigenvalue weighted by molar-refractivity contribution is -0.113. The minimum absolute atomic E-state index is 0.116. The van der Waals surface area contributed by atoms with Crippen LogP contribution >= 0.6 is 11.8 Å². The van der Waals surface area contributed by atoms with Crippen molar-refractivity contribution in [3.8, 4) is 5.75 Å². The van der Waals surface area contributed by atoms with E-state index < -0.39 is 11.2 Å². The summed E-state index contributed by atoms with van der Waals surface area (Å²) < 4.78 is 9.51. The van der Waals surface area contributed by atoms with Crippen LogP contribution in [0.5, 0.6) is 5.75 Å². The SMILES string of the molecule is CCOc1ccc(NC(=O)CSc2nc3c(c(=O)n(C)c(=O)n3C)n2CC)cc1. The number of nitrogens with one attached hydrogen (secondary N) is 1. The van der Waals surface area contributed by atoms with Crippen molar-refractivity contribution < 1.29 is 9.53 Å². The first-order valence-corrected chi connectivity index (χ1v) is 10.2. The number of aromatic nitrogens is 4. The molecule has 3 aromatic rings. The quantitative estimate of drug-likeness (QED) is 0.586. The minimum atomic E-state index is -0.437. The van der Waals surface area contributed by atoms with E-state index in [1.165, 1.54) is 23.4 Å². The molecule has 0 radical (unpaired) electrons. The molecular formula is C19H23N5O4S. The Morgan fingerprint density at radius 3 is 2.45 bits per heavy atom. The molecule has 0 spiro atoms. The summed E-state index contributed by atoms with van der Waals surface area (Å²) in [5.41, 5.74) is 0.497. The van der Waals surface area contributed by atoms with Gasteiger partial charge in [-0.3, -0.25) is 18.7 Å². The van der Waals surface area contributed by atoms with Crippen molar-refractivity contribution in [3.63, 3.8) is 0 Å². The van der Waals surface area contributed by atoms with Crippen molar-refractivity contribution in [2.24, 2.45) is 14.1 Å². The van der Waals surface area contributed by atoms with Crippen LogP contribution in [0.1, 0.15) is 13.8 Å². The van der Waals surface area contributed by atoms with Crippen LogP contribution in [0.15, 0.2) is 39.0 Å². The van der Waals surface area contributed by atoms with Gasteiger partial charge in [-0.2, -0.15) is 0 Å². The summed E-state index contributed by atoms with van der Waals surface area (Å²) in [6, 6.07) is 7.13. The molecule has 1 aromatic carbocycles. The average molecular weight is 417 g/mol. The smallest absolute Gasteiger partial charge is 0.332 e. The molecule has 0 bridgehead atoms. The molecule has 0 saturated heterocycles. The molecule has 2 heterocycles. The molecule has 0 saturated carbocycles. The normalized spacial score (nSPS) is 11.0. The van der Waals surface area contributed by atoms with Crippen LogP contribution in [0.25, 0.3) is 11.2 Å². The number of hydrogen-bond donors (Lipinski definition) is 1. The van der Waals surface area contributed by atoms with Gasteiger partial charge >= 0.3 is 5.69 Å². The fraction of sp³-hybridized carbons (Fsp3) is 0.368. The average Bonchev–Trinajstić information content (AvgIpc) is 3.09. The molecule has 154 valence electrons. The highest BCUT2D eigenvalue weighted by molar-refractivity contribution is 7.99. The molecule has 0 aliphatic carbocycles. The molecule has 1 N–H and O–H groups in total. The number of amides is 1. The van der Waals surface area contributed by atoms with Gasteiger partial charge in [0.15, 0.2) is 16.3 Å². The van der Waals surface area contributed by atoms with Crippen molar-refractivity contribution in [1.29, 1.82) is 0 Å². The molecule has 0 atom stereocenters. The first kappa shape index (κ1) is 20.7. The van der Waals surface area contributed by atoms with E-state index in [9.17, 15) is 14.4 Å². The third kappa shape index (κ3) is 4.07. The van der Waals surface area contributed by atoms with Crippen LogP contribution in [0.2, 0.25) is 0 Å². The summed E-state index contributed by atoms with van der Waals surface area (Å²) in [5.74, 6) is 0.657. The first-order chi connectivity index (χ1) is 13.9. The zero-order valence-corrected chi connectivity index (χ0v) is 17.6. The largest absolute Gasteiger partial charge is 0.494 e. The van der Waals surface area contributed by atoms with Gasteiger partial charge in [-0.1, -0.05) is 11.8 Å². The fourth-order valence-electron chi connectivity index (χ4n) is 2.96. The predicted octanol–water partition coefficient (Wildman–Crippen LogP) is 1.58. The Morgan fingerprint density at radius 2 is 1.83 bits per heavy atom. The summed E-state index contributed by atoms with van der Waals surface area (Å²) >= 11 is 1.22. The van der Waals surface area contributed by atoms with Gasteiger partial charge in [0.2, 0.25) is 5.91 Å². The van der Waals surface area contributed by atoms with Gasteiger partial charge in [-0.05, 0) is 38.1 Å². The Morgan fingerprint density at radius 1 is 1.14 bits per heavy atom. The number of rotatable bonds is 7. The molecule has 0 fully saturated rings. The van der Waals surface area contributed by atoms with E-state index in [-0.39, 0.29) is 11.7 Å². The highest BCUT2D eigenvalue weighted by atomic mass is 32.2. The zero-order chi connectivity index (χ0) is 21.1.